The number of hydrogen-bond acceptors (Lipinski definition) is 1. The molecule has 0 radical (unpaired) electrons. The largest absolute Gasteiger partial charge is 0.307 e. The van der Waals surface area contributed by atoms with Crippen molar-refractivity contribution >= 4 is 0 Å². The van der Waals surface area contributed by atoms with E-state index in [1.54, 1.807) is 11.1 Å². The maximum Gasteiger partial charge on any atom is 0.0325 e. The Balaban J connectivity index is 1.75. The van der Waals surface area contributed by atoms with Gasteiger partial charge in [0, 0.05) is 12.1 Å². The molecule has 1 saturated carbocycles. The first-order valence-electron chi connectivity index (χ1n) is 7.22. The van der Waals surface area contributed by atoms with Crippen LogP contribution in [0, 0.1) is 5.92 Å². The first kappa shape index (κ1) is 11.3. The van der Waals surface area contributed by atoms with Crippen LogP contribution in [0.3, 0.4) is 0 Å². The Bertz CT molecular complexity index is 381. The lowest BCUT2D eigenvalue weighted by Crippen LogP contribution is -2.35. The van der Waals surface area contributed by atoms with Crippen molar-refractivity contribution < 1.29 is 0 Å². The van der Waals surface area contributed by atoms with Crippen LogP contribution >= 0.6 is 0 Å². The highest BCUT2D eigenvalue weighted by Gasteiger charge is 2.32. The van der Waals surface area contributed by atoms with Crippen molar-refractivity contribution in [2.24, 2.45) is 5.92 Å². The standard InChI is InChI=1S/C16H23N/c1-2-15(13-10-11-13)17-16-9-5-7-12-6-3-4-8-14(12)16/h3-4,6,8,13,15-17H,2,5,7,9-11H2,1H3. The fourth-order valence-corrected chi connectivity index (χ4v) is 3.27. The summed E-state index contributed by atoms with van der Waals surface area (Å²) in [6.07, 6.45) is 8.10. The lowest BCUT2D eigenvalue weighted by molar-refractivity contribution is 0.360. The zero-order valence-corrected chi connectivity index (χ0v) is 10.8. The van der Waals surface area contributed by atoms with Gasteiger partial charge in [0.2, 0.25) is 0 Å². The summed E-state index contributed by atoms with van der Waals surface area (Å²) in [5, 5.41) is 3.92. The van der Waals surface area contributed by atoms with Crippen LogP contribution in [-0.4, -0.2) is 6.04 Å². The van der Waals surface area contributed by atoms with Crippen LogP contribution in [0.1, 0.15) is 56.2 Å². The Hall–Kier alpha value is -0.820. The molecule has 1 aromatic carbocycles. The molecule has 2 aliphatic rings. The minimum atomic E-state index is 0.616. The Morgan fingerprint density at radius 1 is 1.24 bits per heavy atom. The van der Waals surface area contributed by atoms with Crippen molar-refractivity contribution in [1.29, 1.82) is 0 Å². The molecule has 0 amide bonds. The monoisotopic (exact) mass is 229 g/mol. The normalized spacial score (nSPS) is 25.4. The highest BCUT2D eigenvalue weighted by Crippen LogP contribution is 2.37. The maximum atomic E-state index is 3.92. The highest BCUT2D eigenvalue weighted by atomic mass is 15.0. The lowest BCUT2D eigenvalue weighted by atomic mass is 9.87. The number of fused-ring (bicyclic) bond motifs is 1. The Kier molecular flexibility index (Phi) is 3.19. The van der Waals surface area contributed by atoms with Crippen molar-refractivity contribution in [1.82, 2.24) is 5.32 Å². The Morgan fingerprint density at radius 3 is 2.82 bits per heavy atom. The molecular weight excluding hydrogens is 206 g/mol. The van der Waals surface area contributed by atoms with Gasteiger partial charge in [0.1, 0.15) is 0 Å². The molecular formula is C16H23N. The van der Waals surface area contributed by atoms with E-state index >= 15 is 0 Å². The van der Waals surface area contributed by atoms with Crippen molar-refractivity contribution in [2.45, 2.75) is 57.5 Å². The van der Waals surface area contributed by atoms with Gasteiger partial charge in [0.25, 0.3) is 0 Å². The molecule has 0 heterocycles. The number of hydrogen-bond donors (Lipinski definition) is 1. The van der Waals surface area contributed by atoms with E-state index < -0.39 is 0 Å². The van der Waals surface area contributed by atoms with E-state index in [0.29, 0.717) is 6.04 Å². The molecule has 1 fully saturated rings. The minimum absolute atomic E-state index is 0.616. The second kappa shape index (κ2) is 4.81. The first-order valence-corrected chi connectivity index (χ1v) is 7.22. The average molecular weight is 229 g/mol. The van der Waals surface area contributed by atoms with Crippen LogP contribution in [0.25, 0.3) is 0 Å². The molecule has 0 aliphatic heterocycles. The second-order valence-electron chi connectivity index (χ2n) is 5.66. The summed E-state index contributed by atoms with van der Waals surface area (Å²) in [5.41, 5.74) is 3.14. The summed E-state index contributed by atoms with van der Waals surface area (Å²) in [6.45, 7) is 2.32. The zero-order valence-electron chi connectivity index (χ0n) is 10.8. The van der Waals surface area contributed by atoms with Crippen LogP contribution in [-0.2, 0) is 6.42 Å². The van der Waals surface area contributed by atoms with Gasteiger partial charge in [-0.15, -0.1) is 0 Å². The molecule has 0 spiro atoms. The lowest BCUT2D eigenvalue weighted by Gasteiger charge is -2.30. The molecule has 2 aliphatic carbocycles. The fourth-order valence-electron chi connectivity index (χ4n) is 3.27. The molecule has 3 rings (SSSR count). The van der Waals surface area contributed by atoms with Gasteiger partial charge in [-0.25, -0.2) is 0 Å². The summed E-state index contributed by atoms with van der Waals surface area (Å²) in [6, 6.07) is 10.4. The van der Waals surface area contributed by atoms with E-state index in [2.05, 4.69) is 36.5 Å². The number of benzene rings is 1. The molecule has 1 heteroatoms. The highest BCUT2D eigenvalue weighted by molar-refractivity contribution is 5.32. The van der Waals surface area contributed by atoms with Gasteiger partial charge in [-0.05, 0) is 55.6 Å². The summed E-state index contributed by atoms with van der Waals surface area (Å²) < 4.78 is 0. The fraction of sp³-hybridized carbons (Fsp3) is 0.625. The van der Waals surface area contributed by atoms with Gasteiger partial charge in [0.05, 0.1) is 0 Å². The van der Waals surface area contributed by atoms with Crippen molar-refractivity contribution in [2.75, 3.05) is 0 Å². The smallest absolute Gasteiger partial charge is 0.0325 e. The Morgan fingerprint density at radius 2 is 2.06 bits per heavy atom. The molecule has 2 unspecified atom stereocenters. The van der Waals surface area contributed by atoms with Crippen molar-refractivity contribution in [3.8, 4) is 0 Å². The average Bonchev–Trinajstić information content (AvgIpc) is 3.20. The molecule has 1 aromatic rings. The zero-order chi connectivity index (χ0) is 11.7. The topological polar surface area (TPSA) is 12.0 Å². The summed E-state index contributed by atoms with van der Waals surface area (Å²) in [4.78, 5) is 0. The third-order valence-corrected chi connectivity index (χ3v) is 4.42. The van der Waals surface area contributed by atoms with Crippen LogP contribution in [0.15, 0.2) is 24.3 Å². The van der Waals surface area contributed by atoms with E-state index in [-0.39, 0.29) is 0 Å². The molecule has 92 valence electrons. The number of rotatable bonds is 4. The van der Waals surface area contributed by atoms with Crippen molar-refractivity contribution in [3.63, 3.8) is 0 Å². The summed E-state index contributed by atoms with van der Waals surface area (Å²) >= 11 is 0. The summed E-state index contributed by atoms with van der Waals surface area (Å²) in [7, 11) is 0. The maximum absolute atomic E-state index is 3.92. The van der Waals surface area contributed by atoms with Gasteiger partial charge in [-0.1, -0.05) is 31.2 Å². The predicted molar refractivity (Wildman–Crippen MR) is 72.1 cm³/mol. The molecule has 0 aromatic heterocycles. The molecule has 0 bridgehead atoms. The minimum Gasteiger partial charge on any atom is -0.307 e. The van der Waals surface area contributed by atoms with E-state index in [4.69, 9.17) is 0 Å². The SMILES string of the molecule is CCC(NC1CCCc2ccccc21)C1CC1. The quantitative estimate of drug-likeness (QED) is 0.827. The summed E-state index contributed by atoms with van der Waals surface area (Å²) in [5.74, 6) is 0.967. The molecule has 0 saturated heterocycles. The predicted octanol–water partition coefficient (Wildman–Crippen LogP) is 3.84. The van der Waals surface area contributed by atoms with Gasteiger partial charge in [-0.3, -0.25) is 0 Å². The van der Waals surface area contributed by atoms with E-state index in [1.165, 1.54) is 38.5 Å². The van der Waals surface area contributed by atoms with Gasteiger partial charge >= 0.3 is 0 Å². The molecule has 2 atom stereocenters. The third kappa shape index (κ3) is 2.40. The first-order chi connectivity index (χ1) is 8.38. The molecule has 1 N–H and O–H groups in total. The molecule has 1 nitrogen and oxygen atoms in total. The van der Waals surface area contributed by atoms with Gasteiger partial charge < -0.3 is 5.32 Å². The van der Waals surface area contributed by atoms with Crippen molar-refractivity contribution in [3.05, 3.63) is 35.4 Å². The third-order valence-electron chi connectivity index (χ3n) is 4.42. The molecule has 17 heavy (non-hydrogen) atoms. The van der Waals surface area contributed by atoms with E-state index in [9.17, 15) is 0 Å². The van der Waals surface area contributed by atoms with Crippen LogP contribution in [0.5, 0.6) is 0 Å². The van der Waals surface area contributed by atoms with E-state index in [0.717, 1.165) is 12.0 Å². The van der Waals surface area contributed by atoms with Crippen LogP contribution < -0.4 is 5.32 Å². The second-order valence-corrected chi connectivity index (χ2v) is 5.66. The van der Waals surface area contributed by atoms with Gasteiger partial charge in [0.15, 0.2) is 0 Å². The van der Waals surface area contributed by atoms with E-state index in [1.807, 2.05) is 0 Å². The van der Waals surface area contributed by atoms with Crippen LogP contribution in [0.2, 0.25) is 0 Å². The Labute approximate surface area is 105 Å². The van der Waals surface area contributed by atoms with Gasteiger partial charge in [-0.2, -0.15) is 0 Å². The van der Waals surface area contributed by atoms with Crippen LogP contribution in [0.4, 0.5) is 0 Å². The number of nitrogens with one attached hydrogen (secondary N) is 1. The number of aryl methyl sites for hydroxylation is 1.